The summed E-state index contributed by atoms with van der Waals surface area (Å²) in [4.78, 5) is 11.1. The van der Waals surface area contributed by atoms with Gasteiger partial charge in [0.25, 0.3) is 0 Å². The third-order valence-corrected chi connectivity index (χ3v) is 3.21. The summed E-state index contributed by atoms with van der Waals surface area (Å²) in [5.41, 5.74) is 0. The molecule has 0 aliphatic rings. The van der Waals surface area contributed by atoms with Gasteiger partial charge in [-0.25, -0.2) is 0 Å². The Kier molecular flexibility index (Phi) is 17.8. The van der Waals surface area contributed by atoms with Crippen LogP contribution in [-0.2, 0) is 9.53 Å². The van der Waals surface area contributed by atoms with Crippen molar-refractivity contribution in [3.63, 3.8) is 0 Å². The first-order valence-corrected chi connectivity index (χ1v) is 9.21. The predicted octanol–water partition coefficient (Wildman–Crippen LogP) is 6.47. The van der Waals surface area contributed by atoms with Gasteiger partial charge in [-0.2, -0.15) is 0 Å². The lowest BCUT2D eigenvalue weighted by molar-refractivity contribution is -0.143. The lowest BCUT2D eigenvalue weighted by Gasteiger charge is -1.98. The second-order valence-corrected chi connectivity index (χ2v) is 5.41. The van der Waals surface area contributed by atoms with E-state index in [2.05, 4.69) is 67.7 Å². The van der Waals surface area contributed by atoms with E-state index in [-0.39, 0.29) is 5.97 Å². The van der Waals surface area contributed by atoms with Crippen LogP contribution in [0.25, 0.3) is 0 Å². The van der Waals surface area contributed by atoms with E-state index in [1.54, 1.807) is 0 Å². The van der Waals surface area contributed by atoms with E-state index in [4.69, 9.17) is 4.74 Å². The van der Waals surface area contributed by atoms with E-state index >= 15 is 0 Å². The van der Waals surface area contributed by atoms with Gasteiger partial charge in [-0.3, -0.25) is 4.79 Å². The molecule has 24 heavy (non-hydrogen) atoms. The van der Waals surface area contributed by atoms with Crippen LogP contribution < -0.4 is 0 Å². The molecule has 0 heterocycles. The zero-order valence-corrected chi connectivity index (χ0v) is 15.5. The number of hydrogen-bond donors (Lipinski definition) is 0. The Bertz CT molecular complexity index is 425. The summed E-state index contributed by atoms with van der Waals surface area (Å²) in [5.74, 6) is -0.0927. The van der Waals surface area contributed by atoms with Gasteiger partial charge in [0.1, 0.15) is 0 Å². The molecule has 2 heteroatoms. The topological polar surface area (TPSA) is 26.3 Å². The van der Waals surface area contributed by atoms with E-state index in [0.29, 0.717) is 13.0 Å². The van der Waals surface area contributed by atoms with Gasteiger partial charge >= 0.3 is 5.97 Å². The first-order chi connectivity index (χ1) is 11.8. The molecule has 2 nitrogen and oxygen atoms in total. The van der Waals surface area contributed by atoms with E-state index in [0.717, 1.165) is 44.9 Å². The molecule has 0 atom stereocenters. The number of allylic oxidation sites excluding steroid dienone is 10. The molecular formula is C22H34O2. The van der Waals surface area contributed by atoms with Crippen LogP contribution in [0.3, 0.4) is 0 Å². The highest BCUT2D eigenvalue weighted by Crippen LogP contribution is 2.00. The second-order valence-electron chi connectivity index (χ2n) is 5.41. The molecule has 0 saturated carbocycles. The predicted molar refractivity (Wildman–Crippen MR) is 105 cm³/mol. The van der Waals surface area contributed by atoms with Crippen LogP contribution in [0.15, 0.2) is 60.8 Å². The van der Waals surface area contributed by atoms with E-state index < -0.39 is 0 Å². The van der Waals surface area contributed by atoms with Gasteiger partial charge in [0.2, 0.25) is 0 Å². The van der Waals surface area contributed by atoms with Gasteiger partial charge in [0, 0.05) is 6.42 Å². The largest absolute Gasteiger partial charge is 0.466 e. The Balaban J connectivity index is 3.48. The fourth-order valence-electron chi connectivity index (χ4n) is 1.97. The molecular weight excluding hydrogens is 296 g/mol. The molecule has 134 valence electrons. The quantitative estimate of drug-likeness (QED) is 0.207. The van der Waals surface area contributed by atoms with Gasteiger partial charge in [-0.1, -0.05) is 67.7 Å². The Morgan fingerprint density at radius 3 is 1.62 bits per heavy atom. The monoisotopic (exact) mass is 330 g/mol. The Labute approximate surface area is 148 Å². The Morgan fingerprint density at radius 2 is 1.17 bits per heavy atom. The SMILES string of the molecule is CC/C=C\C/C=C\C/C=C/C/C=C\C/C=C/CCCC(=O)OCC. The third kappa shape index (κ3) is 18.2. The van der Waals surface area contributed by atoms with E-state index in [1.165, 1.54) is 0 Å². The highest BCUT2D eigenvalue weighted by molar-refractivity contribution is 5.69. The number of carbonyl (C=O) groups is 1. The molecule has 0 spiro atoms. The number of unbranched alkanes of at least 4 members (excludes halogenated alkanes) is 1. The van der Waals surface area contributed by atoms with Crippen LogP contribution >= 0.6 is 0 Å². The number of esters is 1. The minimum absolute atomic E-state index is 0.0927. The van der Waals surface area contributed by atoms with Crippen molar-refractivity contribution < 1.29 is 9.53 Å². The standard InChI is InChI=1S/C22H34O2/c1-3-5-6-7-8-9-10-11-12-13-14-15-16-17-18-19-20-21-22(23)24-4-2/h5-6,8-9,11-12,14-15,17-18H,3-4,7,10,13,16,19-21H2,1-2H3/b6-5-,9-8-,12-11+,15-14-,18-17+. The van der Waals surface area contributed by atoms with Gasteiger partial charge in [0.05, 0.1) is 6.61 Å². The summed E-state index contributed by atoms with van der Waals surface area (Å²) in [6.45, 7) is 4.46. The minimum Gasteiger partial charge on any atom is -0.466 e. The molecule has 0 aromatic heterocycles. The zero-order chi connectivity index (χ0) is 17.7. The van der Waals surface area contributed by atoms with Gasteiger partial charge in [0.15, 0.2) is 0 Å². The molecule has 0 bridgehead atoms. The summed E-state index contributed by atoms with van der Waals surface area (Å²) in [5, 5.41) is 0. The van der Waals surface area contributed by atoms with Crippen LogP contribution in [-0.4, -0.2) is 12.6 Å². The molecule has 0 radical (unpaired) electrons. The maximum absolute atomic E-state index is 11.1. The minimum atomic E-state index is -0.0927. The lowest BCUT2D eigenvalue weighted by Crippen LogP contribution is -2.02. The van der Waals surface area contributed by atoms with Crippen molar-refractivity contribution in [1.29, 1.82) is 0 Å². The fourth-order valence-corrected chi connectivity index (χ4v) is 1.97. The van der Waals surface area contributed by atoms with Crippen LogP contribution in [0.1, 0.15) is 65.2 Å². The van der Waals surface area contributed by atoms with Crippen molar-refractivity contribution in [2.75, 3.05) is 6.61 Å². The maximum atomic E-state index is 11.1. The molecule has 0 aromatic rings. The van der Waals surface area contributed by atoms with Crippen LogP contribution in [0.2, 0.25) is 0 Å². The second kappa shape index (κ2) is 19.2. The van der Waals surface area contributed by atoms with Crippen LogP contribution in [0.4, 0.5) is 0 Å². The number of rotatable bonds is 14. The van der Waals surface area contributed by atoms with Crippen molar-refractivity contribution >= 4 is 5.97 Å². The number of carbonyl (C=O) groups excluding carboxylic acids is 1. The summed E-state index contributed by atoms with van der Waals surface area (Å²) < 4.78 is 4.88. The zero-order valence-electron chi connectivity index (χ0n) is 15.5. The lowest BCUT2D eigenvalue weighted by atomic mass is 10.2. The van der Waals surface area contributed by atoms with Crippen molar-refractivity contribution in [3.05, 3.63) is 60.8 Å². The van der Waals surface area contributed by atoms with Crippen LogP contribution in [0, 0.1) is 0 Å². The molecule has 0 rings (SSSR count). The highest BCUT2D eigenvalue weighted by atomic mass is 16.5. The Morgan fingerprint density at radius 1 is 0.708 bits per heavy atom. The van der Waals surface area contributed by atoms with Crippen LogP contribution in [0.5, 0.6) is 0 Å². The van der Waals surface area contributed by atoms with E-state index in [1.807, 2.05) is 6.92 Å². The summed E-state index contributed by atoms with van der Waals surface area (Å²) in [6, 6.07) is 0. The Hall–Kier alpha value is -1.83. The van der Waals surface area contributed by atoms with Crippen molar-refractivity contribution in [1.82, 2.24) is 0 Å². The molecule has 0 saturated heterocycles. The molecule has 0 amide bonds. The molecule has 0 aliphatic heterocycles. The molecule has 0 aromatic carbocycles. The highest BCUT2D eigenvalue weighted by Gasteiger charge is 1.98. The van der Waals surface area contributed by atoms with Crippen molar-refractivity contribution in [3.8, 4) is 0 Å². The summed E-state index contributed by atoms with van der Waals surface area (Å²) >= 11 is 0. The normalized spacial score (nSPS) is 12.6. The summed E-state index contributed by atoms with van der Waals surface area (Å²) in [6.07, 6.45) is 29.3. The number of ether oxygens (including phenoxy) is 1. The molecule has 0 N–H and O–H groups in total. The van der Waals surface area contributed by atoms with Gasteiger partial charge in [-0.15, -0.1) is 0 Å². The van der Waals surface area contributed by atoms with Gasteiger partial charge < -0.3 is 4.74 Å². The molecule has 0 fully saturated rings. The smallest absolute Gasteiger partial charge is 0.305 e. The van der Waals surface area contributed by atoms with Crippen molar-refractivity contribution in [2.45, 2.75) is 65.2 Å². The maximum Gasteiger partial charge on any atom is 0.305 e. The average molecular weight is 331 g/mol. The van der Waals surface area contributed by atoms with Crippen molar-refractivity contribution in [2.24, 2.45) is 0 Å². The first kappa shape index (κ1) is 22.2. The molecule has 0 unspecified atom stereocenters. The fraction of sp³-hybridized carbons (Fsp3) is 0.500. The number of hydrogen-bond acceptors (Lipinski definition) is 2. The molecule has 0 aliphatic carbocycles. The third-order valence-electron chi connectivity index (χ3n) is 3.21. The van der Waals surface area contributed by atoms with Gasteiger partial charge in [-0.05, 0) is 51.9 Å². The average Bonchev–Trinajstić information content (AvgIpc) is 2.58. The first-order valence-electron chi connectivity index (χ1n) is 9.21. The summed E-state index contributed by atoms with van der Waals surface area (Å²) in [7, 11) is 0. The van der Waals surface area contributed by atoms with E-state index in [9.17, 15) is 4.79 Å².